The first-order chi connectivity index (χ1) is 11.3. The van der Waals surface area contributed by atoms with Crippen LogP contribution in [-0.2, 0) is 0 Å². The summed E-state index contributed by atoms with van der Waals surface area (Å²) in [6.07, 6.45) is 0.866. The van der Waals surface area contributed by atoms with Crippen molar-refractivity contribution >= 4 is 0 Å². The van der Waals surface area contributed by atoms with E-state index in [4.69, 9.17) is 19.9 Å². The van der Waals surface area contributed by atoms with E-state index in [1.54, 1.807) is 0 Å². The molecule has 0 amide bonds. The van der Waals surface area contributed by atoms with Crippen LogP contribution in [0.5, 0.6) is 17.2 Å². The normalized spacial score (nSPS) is 14.3. The zero-order valence-electron chi connectivity index (χ0n) is 13.5. The molecule has 0 saturated heterocycles. The number of hydrogen-bond donors (Lipinski definition) is 1. The lowest BCUT2D eigenvalue weighted by Crippen LogP contribution is -2.18. The molecule has 1 aliphatic heterocycles. The Kier molecular flexibility index (Phi) is 5.03. The summed E-state index contributed by atoms with van der Waals surface area (Å²) < 4.78 is 17.1. The van der Waals surface area contributed by atoms with Gasteiger partial charge in [0.2, 0.25) is 0 Å². The number of benzene rings is 2. The Morgan fingerprint density at radius 2 is 1.87 bits per heavy atom. The molecule has 0 bridgehead atoms. The van der Waals surface area contributed by atoms with Gasteiger partial charge in [-0.05, 0) is 55.1 Å². The van der Waals surface area contributed by atoms with Gasteiger partial charge in [-0.2, -0.15) is 0 Å². The monoisotopic (exact) mass is 313 g/mol. The molecule has 2 aromatic carbocycles. The molecule has 0 radical (unpaired) electrons. The number of hydrogen-bond acceptors (Lipinski definition) is 4. The van der Waals surface area contributed by atoms with Crippen LogP contribution in [0.2, 0.25) is 0 Å². The summed E-state index contributed by atoms with van der Waals surface area (Å²) in [4.78, 5) is 0. The number of aryl methyl sites for hydroxylation is 1. The third-order valence-corrected chi connectivity index (χ3v) is 4.14. The number of ether oxygens (including phenoxy) is 3. The van der Waals surface area contributed by atoms with Crippen LogP contribution in [-0.4, -0.2) is 26.4 Å². The van der Waals surface area contributed by atoms with Crippen molar-refractivity contribution in [3.05, 3.63) is 53.6 Å². The maximum Gasteiger partial charge on any atom is 0.161 e. The second-order valence-electron chi connectivity index (χ2n) is 5.74. The van der Waals surface area contributed by atoms with Crippen molar-refractivity contribution in [2.45, 2.75) is 19.3 Å². The molecule has 1 unspecified atom stereocenters. The van der Waals surface area contributed by atoms with E-state index in [0.29, 0.717) is 26.4 Å². The van der Waals surface area contributed by atoms with Crippen molar-refractivity contribution < 1.29 is 14.2 Å². The van der Waals surface area contributed by atoms with Crippen LogP contribution in [0.4, 0.5) is 0 Å². The lowest BCUT2D eigenvalue weighted by molar-refractivity contribution is 0.171. The first-order valence-corrected chi connectivity index (χ1v) is 8.06. The Morgan fingerprint density at radius 3 is 2.65 bits per heavy atom. The standard InChI is InChI=1S/C19H23NO3/c1-14-4-2-3-5-17(14)21-9-8-16(13-20)15-6-7-18-19(12-15)23-11-10-22-18/h2-7,12,16H,8-11,13,20H2,1H3. The van der Waals surface area contributed by atoms with E-state index in [9.17, 15) is 0 Å². The number of rotatable bonds is 6. The van der Waals surface area contributed by atoms with E-state index in [2.05, 4.69) is 19.1 Å². The fraction of sp³-hybridized carbons (Fsp3) is 0.368. The van der Waals surface area contributed by atoms with Crippen molar-refractivity contribution in [1.29, 1.82) is 0 Å². The van der Waals surface area contributed by atoms with E-state index >= 15 is 0 Å². The van der Waals surface area contributed by atoms with Gasteiger partial charge in [0.05, 0.1) is 6.61 Å². The molecule has 0 spiro atoms. The molecular weight excluding hydrogens is 290 g/mol. The van der Waals surface area contributed by atoms with Gasteiger partial charge in [-0.25, -0.2) is 0 Å². The van der Waals surface area contributed by atoms with Crippen LogP contribution in [0.15, 0.2) is 42.5 Å². The van der Waals surface area contributed by atoms with Crippen LogP contribution in [0, 0.1) is 6.92 Å². The molecule has 1 aliphatic rings. The Labute approximate surface area is 137 Å². The zero-order valence-corrected chi connectivity index (χ0v) is 13.5. The summed E-state index contributed by atoms with van der Waals surface area (Å²) in [7, 11) is 0. The summed E-state index contributed by atoms with van der Waals surface area (Å²) in [6, 6.07) is 14.1. The Bertz CT molecular complexity index is 657. The highest BCUT2D eigenvalue weighted by Crippen LogP contribution is 2.33. The Hall–Kier alpha value is -2.20. The lowest BCUT2D eigenvalue weighted by Gasteiger charge is -2.21. The fourth-order valence-electron chi connectivity index (χ4n) is 2.76. The predicted octanol–water partition coefficient (Wildman–Crippen LogP) is 3.28. The topological polar surface area (TPSA) is 53.7 Å². The second-order valence-corrected chi connectivity index (χ2v) is 5.74. The quantitative estimate of drug-likeness (QED) is 0.889. The van der Waals surface area contributed by atoms with Crippen LogP contribution < -0.4 is 19.9 Å². The molecule has 0 saturated carbocycles. The van der Waals surface area contributed by atoms with Crippen molar-refractivity contribution in [2.24, 2.45) is 5.73 Å². The van der Waals surface area contributed by atoms with Gasteiger partial charge < -0.3 is 19.9 Å². The molecule has 0 aromatic heterocycles. The highest BCUT2D eigenvalue weighted by molar-refractivity contribution is 5.44. The van der Waals surface area contributed by atoms with Crippen LogP contribution >= 0.6 is 0 Å². The van der Waals surface area contributed by atoms with Gasteiger partial charge >= 0.3 is 0 Å². The summed E-state index contributed by atoms with van der Waals surface area (Å²) in [5, 5.41) is 0. The van der Waals surface area contributed by atoms with Gasteiger partial charge in [-0.1, -0.05) is 24.3 Å². The van der Waals surface area contributed by atoms with E-state index in [-0.39, 0.29) is 5.92 Å². The smallest absolute Gasteiger partial charge is 0.161 e. The maximum atomic E-state index is 5.96. The fourth-order valence-corrected chi connectivity index (χ4v) is 2.76. The second kappa shape index (κ2) is 7.38. The summed E-state index contributed by atoms with van der Waals surface area (Å²) in [5.41, 5.74) is 8.28. The minimum atomic E-state index is 0.245. The molecular formula is C19H23NO3. The molecule has 23 heavy (non-hydrogen) atoms. The molecule has 0 aliphatic carbocycles. The van der Waals surface area contributed by atoms with Crippen molar-refractivity contribution in [2.75, 3.05) is 26.4 Å². The number of nitrogens with two attached hydrogens (primary N) is 1. The molecule has 1 atom stereocenters. The maximum absolute atomic E-state index is 5.96. The predicted molar refractivity (Wildman–Crippen MR) is 90.5 cm³/mol. The van der Waals surface area contributed by atoms with E-state index in [0.717, 1.165) is 29.2 Å². The van der Waals surface area contributed by atoms with E-state index in [1.165, 1.54) is 5.56 Å². The van der Waals surface area contributed by atoms with Gasteiger partial charge in [-0.15, -0.1) is 0 Å². The summed E-state index contributed by atoms with van der Waals surface area (Å²) in [5.74, 6) is 2.80. The van der Waals surface area contributed by atoms with Gasteiger partial charge in [0.15, 0.2) is 11.5 Å². The molecule has 4 nitrogen and oxygen atoms in total. The SMILES string of the molecule is Cc1ccccc1OCCC(CN)c1ccc2c(c1)OCCO2. The van der Waals surface area contributed by atoms with Gasteiger partial charge in [0.25, 0.3) is 0 Å². The summed E-state index contributed by atoms with van der Waals surface area (Å²) >= 11 is 0. The minimum absolute atomic E-state index is 0.245. The lowest BCUT2D eigenvalue weighted by atomic mass is 9.95. The van der Waals surface area contributed by atoms with Gasteiger partial charge in [0, 0.05) is 0 Å². The van der Waals surface area contributed by atoms with Crippen LogP contribution in [0.1, 0.15) is 23.5 Å². The number of fused-ring (bicyclic) bond motifs is 1. The number of para-hydroxylation sites is 1. The van der Waals surface area contributed by atoms with Crippen molar-refractivity contribution in [3.63, 3.8) is 0 Å². The first kappa shape index (κ1) is 15.7. The average Bonchev–Trinajstić information content (AvgIpc) is 2.60. The average molecular weight is 313 g/mol. The first-order valence-electron chi connectivity index (χ1n) is 8.06. The molecule has 0 fully saturated rings. The highest BCUT2D eigenvalue weighted by atomic mass is 16.6. The molecule has 2 aromatic rings. The zero-order chi connectivity index (χ0) is 16.1. The molecule has 122 valence electrons. The van der Waals surface area contributed by atoms with E-state index < -0.39 is 0 Å². The largest absolute Gasteiger partial charge is 0.493 e. The van der Waals surface area contributed by atoms with Gasteiger partial charge in [0.1, 0.15) is 19.0 Å². The molecule has 3 rings (SSSR count). The van der Waals surface area contributed by atoms with Crippen LogP contribution in [0.25, 0.3) is 0 Å². The summed E-state index contributed by atoms with van der Waals surface area (Å²) in [6.45, 7) is 4.48. The van der Waals surface area contributed by atoms with Crippen molar-refractivity contribution in [1.82, 2.24) is 0 Å². The van der Waals surface area contributed by atoms with Crippen molar-refractivity contribution in [3.8, 4) is 17.2 Å². The Balaban J connectivity index is 1.62. The molecule has 2 N–H and O–H groups in total. The van der Waals surface area contributed by atoms with E-state index in [1.807, 2.05) is 30.3 Å². The van der Waals surface area contributed by atoms with Gasteiger partial charge in [-0.3, -0.25) is 0 Å². The third kappa shape index (κ3) is 3.77. The Morgan fingerprint density at radius 1 is 1.09 bits per heavy atom. The van der Waals surface area contributed by atoms with Crippen LogP contribution in [0.3, 0.4) is 0 Å². The highest BCUT2D eigenvalue weighted by Gasteiger charge is 2.16. The molecule has 4 heteroatoms. The third-order valence-electron chi connectivity index (χ3n) is 4.14. The molecule has 1 heterocycles. The minimum Gasteiger partial charge on any atom is -0.493 e.